The molecule has 1 saturated heterocycles. The molecule has 0 spiro atoms. The van der Waals surface area contributed by atoms with E-state index in [0.29, 0.717) is 12.1 Å². The summed E-state index contributed by atoms with van der Waals surface area (Å²) >= 11 is 0. The lowest BCUT2D eigenvalue weighted by molar-refractivity contribution is 0.0244. The van der Waals surface area contributed by atoms with Gasteiger partial charge in [0, 0.05) is 12.1 Å². The molecule has 0 bridgehead atoms. The SMILES string of the molecule is N#CC1CCCCC1N1CCCCC1CO. The second kappa shape index (κ2) is 5.65. The van der Waals surface area contributed by atoms with Crippen LogP contribution >= 0.6 is 0 Å². The highest BCUT2D eigenvalue weighted by molar-refractivity contribution is 4.97. The van der Waals surface area contributed by atoms with Crippen LogP contribution in [0, 0.1) is 17.2 Å². The predicted octanol–water partition coefficient (Wildman–Crippen LogP) is 1.92. The molecule has 3 nitrogen and oxygen atoms in total. The first-order valence-electron chi connectivity index (χ1n) is 6.63. The Kier molecular flexibility index (Phi) is 4.20. The van der Waals surface area contributed by atoms with Crippen molar-refractivity contribution in [1.82, 2.24) is 4.90 Å². The van der Waals surface area contributed by atoms with Crippen LogP contribution in [0.25, 0.3) is 0 Å². The molecule has 2 aliphatic rings. The topological polar surface area (TPSA) is 47.3 Å². The molecule has 3 unspecified atom stereocenters. The molecule has 2 fully saturated rings. The van der Waals surface area contributed by atoms with Crippen LogP contribution in [0.3, 0.4) is 0 Å². The van der Waals surface area contributed by atoms with Crippen molar-refractivity contribution < 1.29 is 5.11 Å². The monoisotopic (exact) mass is 222 g/mol. The van der Waals surface area contributed by atoms with E-state index in [-0.39, 0.29) is 12.5 Å². The van der Waals surface area contributed by atoms with Crippen molar-refractivity contribution >= 4 is 0 Å². The van der Waals surface area contributed by atoms with E-state index in [1.807, 2.05) is 0 Å². The van der Waals surface area contributed by atoms with Gasteiger partial charge in [0.1, 0.15) is 0 Å². The Morgan fingerprint density at radius 2 is 1.88 bits per heavy atom. The van der Waals surface area contributed by atoms with Crippen molar-refractivity contribution in [3.63, 3.8) is 0 Å². The average molecular weight is 222 g/mol. The summed E-state index contributed by atoms with van der Waals surface area (Å²) in [5.74, 6) is 0.195. The molecule has 3 heteroatoms. The van der Waals surface area contributed by atoms with Gasteiger partial charge in [0.05, 0.1) is 18.6 Å². The maximum absolute atomic E-state index is 9.43. The van der Waals surface area contributed by atoms with Crippen molar-refractivity contribution in [2.24, 2.45) is 5.92 Å². The molecular weight excluding hydrogens is 200 g/mol. The molecule has 0 aromatic carbocycles. The van der Waals surface area contributed by atoms with Crippen LogP contribution in [0.2, 0.25) is 0 Å². The zero-order chi connectivity index (χ0) is 11.4. The number of aliphatic hydroxyl groups excluding tert-OH is 1. The van der Waals surface area contributed by atoms with Gasteiger partial charge >= 0.3 is 0 Å². The van der Waals surface area contributed by atoms with Gasteiger partial charge in [-0.1, -0.05) is 19.3 Å². The van der Waals surface area contributed by atoms with Crippen molar-refractivity contribution in [3.05, 3.63) is 0 Å². The summed E-state index contributed by atoms with van der Waals surface area (Å²) in [5.41, 5.74) is 0. The fraction of sp³-hybridized carbons (Fsp3) is 0.923. The maximum atomic E-state index is 9.43. The van der Waals surface area contributed by atoms with Crippen LogP contribution in [0.1, 0.15) is 44.9 Å². The summed E-state index contributed by atoms with van der Waals surface area (Å²) in [6.07, 6.45) is 8.20. The largest absolute Gasteiger partial charge is 0.395 e. The Hall–Kier alpha value is -0.590. The first-order chi connectivity index (χ1) is 7.86. The number of nitriles is 1. The molecule has 0 amide bonds. The van der Waals surface area contributed by atoms with Crippen LogP contribution in [0.4, 0.5) is 0 Å². The molecular formula is C13H22N2O. The van der Waals surface area contributed by atoms with Gasteiger partial charge < -0.3 is 5.11 Å². The smallest absolute Gasteiger partial charge is 0.0672 e. The van der Waals surface area contributed by atoms with E-state index in [9.17, 15) is 10.4 Å². The minimum Gasteiger partial charge on any atom is -0.395 e. The van der Waals surface area contributed by atoms with Gasteiger partial charge in [-0.05, 0) is 32.2 Å². The third-order valence-corrected chi connectivity index (χ3v) is 4.20. The Morgan fingerprint density at radius 3 is 2.62 bits per heavy atom. The predicted molar refractivity (Wildman–Crippen MR) is 62.8 cm³/mol. The fourth-order valence-electron chi connectivity index (χ4n) is 3.31. The number of hydrogen-bond donors (Lipinski definition) is 1. The van der Waals surface area contributed by atoms with Gasteiger partial charge in [-0.15, -0.1) is 0 Å². The zero-order valence-corrected chi connectivity index (χ0v) is 9.94. The van der Waals surface area contributed by atoms with Crippen LogP contribution in [-0.4, -0.2) is 35.2 Å². The Balaban J connectivity index is 2.05. The third-order valence-electron chi connectivity index (χ3n) is 4.20. The maximum Gasteiger partial charge on any atom is 0.0672 e. The van der Waals surface area contributed by atoms with Crippen molar-refractivity contribution in [2.45, 2.75) is 57.0 Å². The second-order valence-electron chi connectivity index (χ2n) is 5.16. The zero-order valence-electron chi connectivity index (χ0n) is 9.94. The third kappa shape index (κ3) is 2.39. The first-order valence-corrected chi connectivity index (χ1v) is 6.63. The van der Waals surface area contributed by atoms with Crippen LogP contribution < -0.4 is 0 Å². The van der Waals surface area contributed by atoms with E-state index in [1.165, 1.54) is 25.7 Å². The van der Waals surface area contributed by atoms with E-state index in [1.54, 1.807) is 0 Å². The molecule has 1 N–H and O–H groups in total. The quantitative estimate of drug-likeness (QED) is 0.776. The average Bonchev–Trinajstić information content (AvgIpc) is 2.38. The van der Waals surface area contributed by atoms with Crippen LogP contribution in [0.15, 0.2) is 0 Å². The Morgan fingerprint density at radius 1 is 1.12 bits per heavy atom. The van der Waals surface area contributed by atoms with E-state index in [4.69, 9.17) is 0 Å². The summed E-state index contributed by atoms with van der Waals surface area (Å²) < 4.78 is 0. The van der Waals surface area contributed by atoms with E-state index < -0.39 is 0 Å². The molecule has 0 aromatic rings. The molecule has 90 valence electrons. The van der Waals surface area contributed by atoms with Crippen molar-refractivity contribution in [1.29, 1.82) is 5.26 Å². The van der Waals surface area contributed by atoms with Crippen molar-refractivity contribution in [2.75, 3.05) is 13.2 Å². The van der Waals surface area contributed by atoms with Gasteiger partial charge in [0.25, 0.3) is 0 Å². The van der Waals surface area contributed by atoms with Gasteiger partial charge in [-0.2, -0.15) is 5.26 Å². The summed E-state index contributed by atoms with van der Waals surface area (Å²) in [4.78, 5) is 2.43. The number of nitrogens with zero attached hydrogens (tertiary/aromatic N) is 2. The lowest BCUT2D eigenvalue weighted by atomic mass is 9.82. The number of piperidine rings is 1. The molecule has 1 aliphatic carbocycles. The minimum atomic E-state index is 0.195. The molecule has 1 saturated carbocycles. The standard InChI is InChI=1S/C13H22N2O/c14-9-11-5-1-2-7-13(11)15-8-4-3-6-12(15)10-16/h11-13,16H,1-8,10H2. The first kappa shape index (κ1) is 11.9. The molecule has 1 aliphatic heterocycles. The molecule has 1 heterocycles. The number of hydrogen-bond acceptors (Lipinski definition) is 3. The van der Waals surface area contributed by atoms with Gasteiger partial charge in [0.15, 0.2) is 0 Å². The number of aliphatic hydroxyl groups is 1. The van der Waals surface area contributed by atoms with Gasteiger partial charge in [-0.25, -0.2) is 0 Å². The van der Waals surface area contributed by atoms with Gasteiger partial charge in [-0.3, -0.25) is 4.90 Å². The molecule has 16 heavy (non-hydrogen) atoms. The highest BCUT2D eigenvalue weighted by Gasteiger charge is 2.34. The fourth-order valence-corrected chi connectivity index (χ4v) is 3.31. The Labute approximate surface area is 98.1 Å². The van der Waals surface area contributed by atoms with Crippen LogP contribution in [0.5, 0.6) is 0 Å². The number of rotatable bonds is 2. The molecule has 3 atom stereocenters. The summed E-state index contributed by atoms with van der Waals surface area (Å²) in [6, 6.07) is 3.20. The lowest BCUT2D eigenvalue weighted by Gasteiger charge is -2.43. The lowest BCUT2D eigenvalue weighted by Crippen LogP contribution is -2.51. The van der Waals surface area contributed by atoms with Gasteiger partial charge in [0.2, 0.25) is 0 Å². The molecule has 0 aromatic heterocycles. The molecule has 0 radical (unpaired) electrons. The van der Waals surface area contributed by atoms with Crippen LogP contribution in [-0.2, 0) is 0 Å². The van der Waals surface area contributed by atoms with E-state index >= 15 is 0 Å². The Bertz CT molecular complexity index is 261. The second-order valence-corrected chi connectivity index (χ2v) is 5.16. The summed E-state index contributed by atoms with van der Waals surface area (Å²) in [6.45, 7) is 1.34. The van der Waals surface area contributed by atoms with E-state index in [0.717, 1.165) is 25.8 Å². The summed E-state index contributed by atoms with van der Waals surface area (Å²) in [5, 5.41) is 18.6. The summed E-state index contributed by atoms with van der Waals surface area (Å²) in [7, 11) is 0. The molecule has 2 rings (SSSR count). The highest BCUT2D eigenvalue weighted by atomic mass is 16.3. The highest BCUT2D eigenvalue weighted by Crippen LogP contribution is 2.32. The minimum absolute atomic E-state index is 0.195. The number of likely N-dealkylation sites (tertiary alicyclic amines) is 1. The normalized spacial score (nSPS) is 36.9. The van der Waals surface area contributed by atoms with E-state index in [2.05, 4.69) is 11.0 Å². The van der Waals surface area contributed by atoms with Crippen molar-refractivity contribution in [3.8, 4) is 6.07 Å².